The molecule has 21 heavy (non-hydrogen) atoms. The van der Waals surface area contributed by atoms with Crippen molar-refractivity contribution in [1.82, 2.24) is 10.2 Å². The van der Waals surface area contributed by atoms with Gasteiger partial charge in [0.15, 0.2) is 0 Å². The highest BCUT2D eigenvalue weighted by Gasteiger charge is 2.32. The Labute approximate surface area is 130 Å². The van der Waals surface area contributed by atoms with Crippen molar-refractivity contribution in [3.63, 3.8) is 0 Å². The van der Waals surface area contributed by atoms with Gasteiger partial charge in [0.1, 0.15) is 0 Å². The van der Waals surface area contributed by atoms with E-state index in [1.54, 1.807) is 0 Å². The lowest BCUT2D eigenvalue weighted by molar-refractivity contribution is 0.180. The summed E-state index contributed by atoms with van der Waals surface area (Å²) in [5.41, 5.74) is 1.64. The number of nitrogens with zero attached hydrogens (tertiary/aromatic N) is 1. The van der Waals surface area contributed by atoms with Gasteiger partial charge in [0.2, 0.25) is 0 Å². The fraction of sp³-hybridized carbons (Fsp3) is 0.684. The van der Waals surface area contributed by atoms with E-state index in [0.717, 1.165) is 19.1 Å². The van der Waals surface area contributed by atoms with Gasteiger partial charge in [0.05, 0.1) is 0 Å². The second-order valence-corrected chi connectivity index (χ2v) is 6.97. The van der Waals surface area contributed by atoms with Crippen molar-refractivity contribution < 1.29 is 0 Å². The third-order valence-corrected chi connectivity index (χ3v) is 4.99. The minimum atomic E-state index is 0.182. The van der Waals surface area contributed by atoms with Gasteiger partial charge in [0.25, 0.3) is 0 Å². The Kier molecular flexibility index (Phi) is 5.83. The summed E-state index contributed by atoms with van der Waals surface area (Å²) in [6.45, 7) is 9.20. The molecule has 118 valence electrons. The maximum atomic E-state index is 3.75. The van der Waals surface area contributed by atoms with Gasteiger partial charge in [-0.15, -0.1) is 0 Å². The van der Waals surface area contributed by atoms with Crippen LogP contribution in [0.5, 0.6) is 0 Å². The number of nitrogens with one attached hydrogen (secondary N) is 1. The lowest BCUT2D eigenvalue weighted by atomic mass is 9.81. The zero-order chi connectivity index (χ0) is 15.3. The van der Waals surface area contributed by atoms with Gasteiger partial charge in [-0.2, -0.15) is 0 Å². The fourth-order valence-electron chi connectivity index (χ4n) is 3.34. The quantitative estimate of drug-likeness (QED) is 0.743. The molecule has 1 fully saturated rings. The lowest BCUT2D eigenvalue weighted by Crippen LogP contribution is -2.47. The molecular weight excluding hydrogens is 256 g/mol. The van der Waals surface area contributed by atoms with Crippen molar-refractivity contribution in [2.45, 2.75) is 64.0 Å². The first-order chi connectivity index (χ1) is 10.1. The van der Waals surface area contributed by atoms with Crippen molar-refractivity contribution in [2.75, 3.05) is 20.1 Å². The molecule has 0 aromatic heterocycles. The van der Waals surface area contributed by atoms with E-state index >= 15 is 0 Å². The molecule has 2 rings (SSSR count). The molecule has 0 aliphatic heterocycles. The van der Waals surface area contributed by atoms with Crippen LogP contribution in [0.1, 0.15) is 52.0 Å². The number of benzene rings is 1. The van der Waals surface area contributed by atoms with Crippen LogP contribution in [0.15, 0.2) is 30.3 Å². The van der Waals surface area contributed by atoms with E-state index in [9.17, 15) is 0 Å². The summed E-state index contributed by atoms with van der Waals surface area (Å²) in [4.78, 5) is 2.56. The van der Waals surface area contributed by atoms with Gasteiger partial charge >= 0.3 is 0 Å². The Hall–Kier alpha value is -0.860. The smallest absolute Gasteiger partial charge is 0.0177 e. The summed E-state index contributed by atoms with van der Waals surface area (Å²) < 4.78 is 0. The van der Waals surface area contributed by atoms with E-state index < -0.39 is 0 Å². The minimum absolute atomic E-state index is 0.182. The largest absolute Gasteiger partial charge is 0.313 e. The lowest BCUT2D eigenvalue weighted by Gasteiger charge is -2.38. The summed E-state index contributed by atoms with van der Waals surface area (Å²) in [5, 5.41) is 3.75. The van der Waals surface area contributed by atoms with Gasteiger partial charge < -0.3 is 10.2 Å². The van der Waals surface area contributed by atoms with Crippen LogP contribution in [-0.2, 0) is 5.41 Å². The van der Waals surface area contributed by atoms with Crippen LogP contribution >= 0.6 is 0 Å². The predicted molar refractivity (Wildman–Crippen MR) is 91.8 cm³/mol. The standard InChI is InChI=1S/C19H32N2/c1-5-18(6-2)21(4)15-19(3,14-20-17-12-13-17)16-10-8-7-9-11-16/h7-11,17-18,20H,5-6,12-15H2,1-4H3. The molecule has 1 N–H and O–H groups in total. The molecule has 1 aromatic rings. The SMILES string of the molecule is CCC(CC)N(C)CC(C)(CNC1CC1)c1ccccc1. The van der Waals surface area contributed by atoms with Crippen LogP contribution in [0.25, 0.3) is 0 Å². The topological polar surface area (TPSA) is 15.3 Å². The molecule has 0 amide bonds. The van der Waals surface area contributed by atoms with E-state index in [1.807, 2.05) is 0 Å². The van der Waals surface area contributed by atoms with Crippen LogP contribution in [-0.4, -0.2) is 37.1 Å². The third kappa shape index (κ3) is 4.55. The highest BCUT2D eigenvalue weighted by molar-refractivity contribution is 5.26. The second kappa shape index (κ2) is 7.42. The normalized spacial score (nSPS) is 18.2. The molecule has 2 heteroatoms. The Morgan fingerprint density at radius 2 is 1.81 bits per heavy atom. The first kappa shape index (κ1) is 16.5. The molecule has 0 radical (unpaired) electrons. The van der Waals surface area contributed by atoms with Crippen molar-refractivity contribution >= 4 is 0 Å². The summed E-state index contributed by atoms with van der Waals surface area (Å²) in [6.07, 6.45) is 5.17. The number of hydrogen-bond acceptors (Lipinski definition) is 2. The fourth-order valence-corrected chi connectivity index (χ4v) is 3.34. The number of rotatable bonds is 9. The van der Waals surface area contributed by atoms with Gasteiger partial charge in [-0.05, 0) is 38.3 Å². The minimum Gasteiger partial charge on any atom is -0.313 e. The predicted octanol–water partition coefficient (Wildman–Crippen LogP) is 3.82. The Morgan fingerprint density at radius 3 is 2.33 bits per heavy atom. The van der Waals surface area contributed by atoms with E-state index in [0.29, 0.717) is 6.04 Å². The zero-order valence-electron chi connectivity index (χ0n) is 14.2. The first-order valence-electron chi connectivity index (χ1n) is 8.58. The van der Waals surface area contributed by atoms with Crippen molar-refractivity contribution in [1.29, 1.82) is 0 Å². The molecule has 0 heterocycles. The molecule has 1 aliphatic carbocycles. The molecule has 0 bridgehead atoms. The average molecular weight is 288 g/mol. The Bertz CT molecular complexity index is 409. The Balaban J connectivity index is 2.10. The first-order valence-corrected chi connectivity index (χ1v) is 8.58. The maximum absolute atomic E-state index is 3.75. The van der Waals surface area contributed by atoms with Gasteiger partial charge in [-0.25, -0.2) is 0 Å². The molecule has 1 aromatic carbocycles. The molecule has 2 nitrogen and oxygen atoms in total. The van der Waals surface area contributed by atoms with Gasteiger partial charge in [-0.3, -0.25) is 0 Å². The Morgan fingerprint density at radius 1 is 1.19 bits per heavy atom. The zero-order valence-corrected chi connectivity index (χ0v) is 14.2. The van der Waals surface area contributed by atoms with Gasteiger partial charge in [0, 0.05) is 30.6 Å². The summed E-state index contributed by atoms with van der Waals surface area (Å²) >= 11 is 0. The summed E-state index contributed by atoms with van der Waals surface area (Å²) in [6, 6.07) is 12.5. The van der Waals surface area contributed by atoms with Crippen molar-refractivity contribution in [2.24, 2.45) is 0 Å². The van der Waals surface area contributed by atoms with E-state index in [-0.39, 0.29) is 5.41 Å². The third-order valence-electron chi connectivity index (χ3n) is 4.99. The van der Waals surface area contributed by atoms with Crippen LogP contribution < -0.4 is 5.32 Å². The van der Waals surface area contributed by atoms with Crippen LogP contribution in [0.3, 0.4) is 0 Å². The molecule has 1 saturated carbocycles. The monoisotopic (exact) mass is 288 g/mol. The van der Waals surface area contributed by atoms with Crippen molar-refractivity contribution in [3.8, 4) is 0 Å². The van der Waals surface area contributed by atoms with E-state index in [2.05, 4.69) is 68.4 Å². The highest BCUT2D eigenvalue weighted by Crippen LogP contribution is 2.28. The number of likely N-dealkylation sites (N-methyl/N-ethyl adjacent to an activating group) is 1. The van der Waals surface area contributed by atoms with E-state index in [4.69, 9.17) is 0 Å². The van der Waals surface area contributed by atoms with Crippen LogP contribution in [0.4, 0.5) is 0 Å². The molecule has 0 spiro atoms. The van der Waals surface area contributed by atoms with E-state index in [1.165, 1.54) is 31.2 Å². The van der Waals surface area contributed by atoms with Crippen LogP contribution in [0.2, 0.25) is 0 Å². The molecular formula is C19H32N2. The molecule has 1 atom stereocenters. The highest BCUT2D eigenvalue weighted by atomic mass is 15.1. The summed E-state index contributed by atoms with van der Waals surface area (Å²) in [5.74, 6) is 0. The molecule has 0 saturated heterocycles. The second-order valence-electron chi connectivity index (χ2n) is 6.97. The molecule has 1 aliphatic rings. The van der Waals surface area contributed by atoms with Gasteiger partial charge in [-0.1, -0.05) is 51.1 Å². The van der Waals surface area contributed by atoms with Crippen molar-refractivity contribution in [3.05, 3.63) is 35.9 Å². The van der Waals surface area contributed by atoms with Crippen LogP contribution in [0, 0.1) is 0 Å². The average Bonchev–Trinajstić information content (AvgIpc) is 3.32. The summed E-state index contributed by atoms with van der Waals surface area (Å²) in [7, 11) is 2.29. The molecule has 1 unspecified atom stereocenters. The maximum Gasteiger partial charge on any atom is 0.0177 e. The number of hydrogen-bond donors (Lipinski definition) is 1.